The highest BCUT2D eigenvalue weighted by atomic mass is 16.5. The van der Waals surface area contributed by atoms with E-state index in [2.05, 4.69) is 5.32 Å². The Labute approximate surface area is 101 Å². The SMILES string of the molecule is CCC(CN)CC(=O)NC1COCC1C(=O)O. The molecular weight excluding hydrogens is 224 g/mol. The Bertz CT molecular complexity index is 279. The maximum atomic E-state index is 11.7. The van der Waals surface area contributed by atoms with Gasteiger partial charge in [-0.2, -0.15) is 0 Å². The molecule has 17 heavy (non-hydrogen) atoms. The van der Waals surface area contributed by atoms with Crippen molar-refractivity contribution < 1.29 is 19.4 Å². The van der Waals surface area contributed by atoms with E-state index in [0.29, 0.717) is 13.0 Å². The molecule has 4 N–H and O–H groups in total. The fourth-order valence-electron chi connectivity index (χ4n) is 1.86. The minimum atomic E-state index is -0.932. The number of ether oxygens (including phenoxy) is 1. The van der Waals surface area contributed by atoms with Gasteiger partial charge in [0.1, 0.15) is 5.92 Å². The second-order valence-electron chi connectivity index (χ2n) is 4.37. The number of aliphatic carboxylic acids is 1. The molecule has 98 valence electrons. The summed E-state index contributed by atoms with van der Waals surface area (Å²) in [6.45, 7) is 2.87. The third-order valence-electron chi connectivity index (χ3n) is 3.13. The summed E-state index contributed by atoms with van der Waals surface area (Å²) in [5, 5.41) is 11.6. The fourth-order valence-corrected chi connectivity index (χ4v) is 1.86. The standard InChI is InChI=1S/C11H20N2O4/c1-2-7(4-12)3-10(14)13-9-6-17-5-8(9)11(15)16/h7-9H,2-6,12H2,1H3,(H,13,14)(H,15,16). The van der Waals surface area contributed by atoms with Crippen molar-refractivity contribution in [1.82, 2.24) is 5.32 Å². The molecule has 6 heteroatoms. The molecule has 1 aliphatic rings. The lowest BCUT2D eigenvalue weighted by molar-refractivity contribution is -0.142. The highest BCUT2D eigenvalue weighted by Crippen LogP contribution is 2.15. The molecule has 0 aromatic carbocycles. The van der Waals surface area contributed by atoms with Crippen LogP contribution in [0.15, 0.2) is 0 Å². The van der Waals surface area contributed by atoms with Crippen LogP contribution in [0.3, 0.4) is 0 Å². The van der Waals surface area contributed by atoms with Crippen LogP contribution in [0.25, 0.3) is 0 Å². The maximum Gasteiger partial charge on any atom is 0.311 e. The van der Waals surface area contributed by atoms with E-state index >= 15 is 0 Å². The summed E-state index contributed by atoms with van der Waals surface area (Å²) in [6, 6.07) is -0.421. The van der Waals surface area contributed by atoms with Gasteiger partial charge in [0.15, 0.2) is 0 Å². The van der Waals surface area contributed by atoms with E-state index in [1.165, 1.54) is 0 Å². The molecule has 0 saturated carbocycles. The number of carbonyl (C=O) groups excluding carboxylic acids is 1. The molecule has 1 fully saturated rings. The van der Waals surface area contributed by atoms with Gasteiger partial charge in [-0.15, -0.1) is 0 Å². The Balaban J connectivity index is 2.42. The van der Waals surface area contributed by atoms with Crippen LogP contribution in [0, 0.1) is 11.8 Å². The predicted molar refractivity (Wildman–Crippen MR) is 61.3 cm³/mol. The molecule has 1 rings (SSSR count). The number of nitrogens with two attached hydrogens (primary N) is 1. The summed E-state index contributed by atoms with van der Waals surface area (Å²) < 4.78 is 5.07. The van der Waals surface area contributed by atoms with Gasteiger partial charge in [-0.3, -0.25) is 9.59 Å². The summed E-state index contributed by atoms with van der Waals surface area (Å²) >= 11 is 0. The first-order valence-corrected chi connectivity index (χ1v) is 5.88. The van der Waals surface area contributed by atoms with E-state index in [1.54, 1.807) is 0 Å². The van der Waals surface area contributed by atoms with Crippen molar-refractivity contribution >= 4 is 11.9 Å². The first-order valence-electron chi connectivity index (χ1n) is 5.88. The molecule has 0 aromatic heterocycles. The molecule has 1 aliphatic heterocycles. The van der Waals surface area contributed by atoms with Gasteiger partial charge < -0.3 is 20.9 Å². The van der Waals surface area contributed by atoms with E-state index in [4.69, 9.17) is 15.6 Å². The number of hydrogen-bond acceptors (Lipinski definition) is 4. The Morgan fingerprint density at radius 3 is 2.76 bits per heavy atom. The van der Waals surface area contributed by atoms with Crippen LogP contribution in [0.2, 0.25) is 0 Å². The van der Waals surface area contributed by atoms with Crippen LogP contribution in [0.1, 0.15) is 19.8 Å². The van der Waals surface area contributed by atoms with Gasteiger partial charge in [0.2, 0.25) is 5.91 Å². The summed E-state index contributed by atoms with van der Waals surface area (Å²) in [6.07, 6.45) is 1.18. The number of carboxylic acid groups (broad SMARTS) is 1. The first kappa shape index (κ1) is 13.9. The van der Waals surface area contributed by atoms with E-state index in [0.717, 1.165) is 6.42 Å². The highest BCUT2D eigenvalue weighted by molar-refractivity contribution is 5.78. The molecule has 1 saturated heterocycles. The van der Waals surface area contributed by atoms with E-state index < -0.39 is 17.9 Å². The number of amides is 1. The van der Waals surface area contributed by atoms with Gasteiger partial charge in [0.25, 0.3) is 0 Å². The quantitative estimate of drug-likeness (QED) is 0.589. The predicted octanol–water partition coefficient (Wildman–Crippen LogP) is -0.423. The van der Waals surface area contributed by atoms with Gasteiger partial charge in [-0.05, 0) is 12.5 Å². The molecule has 1 heterocycles. The lowest BCUT2D eigenvalue weighted by atomic mass is 10.0. The molecule has 0 aliphatic carbocycles. The van der Waals surface area contributed by atoms with E-state index in [1.807, 2.05) is 6.92 Å². The van der Waals surface area contributed by atoms with Crippen molar-refractivity contribution in [1.29, 1.82) is 0 Å². The van der Waals surface area contributed by atoms with Gasteiger partial charge in [0.05, 0.1) is 19.3 Å². The minimum Gasteiger partial charge on any atom is -0.481 e. The first-order chi connectivity index (χ1) is 8.08. The Hall–Kier alpha value is -1.14. The number of rotatable bonds is 6. The van der Waals surface area contributed by atoms with Crippen LogP contribution < -0.4 is 11.1 Å². The highest BCUT2D eigenvalue weighted by Gasteiger charge is 2.35. The molecule has 3 atom stereocenters. The van der Waals surface area contributed by atoms with Crippen molar-refractivity contribution in [3.05, 3.63) is 0 Å². The lowest BCUT2D eigenvalue weighted by Crippen LogP contribution is -2.43. The van der Waals surface area contributed by atoms with Crippen LogP contribution in [-0.2, 0) is 14.3 Å². The normalized spacial score (nSPS) is 25.5. The average Bonchev–Trinajstić information content (AvgIpc) is 2.74. The fraction of sp³-hybridized carbons (Fsp3) is 0.818. The van der Waals surface area contributed by atoms with Crippen LogP contribution >= 0.6 is 0 Å². The number of nitrogens with one attached hydrogen (secondary N) is 1. The zero-order chi connectivity index (χ0) is 12.8. The molecule has 0 aromatic rings. The average molecular weight is 244 g/mol. The van der Waals surface area contributed by atoms with Crippen molar-refractivity contribution in [3.8, 4) is 0 Å². The Morgan fingerprint density at radius 1 is 1.53 bits per heavy atom. The molecular formula is C11H20N2O4. The number of carbonyl (C=O) groups is 2. The Morgan fingerprint density at radius 2 is 2.24 bits per heavy atom. The van der Waals surface area contributed by atoms with Crippen LogP contribution in [0.5, 0.6) is 0 Å². The van der Waals surface area contributed by atoms with Gasteiger partial charge in [-0.1, -0.05) is 13.3 Å². The second-order valence-corrected chi connectivity index (χ2v) is 4.37. The largest absolute Gasteiger partial charge is 0.481 e. The summed E-state index contributed by atoms with van der Waals surface area (Å²) in [5.74, 6) is -1.57. The van der Waals surface area contributed by atoms with Crippen molar-refractivity contribution in [2.75, 3.05) is 19.8 Å². The molecule has 6 nitrogen and oxygen atoms in total. The smallest absolute Gasteiger partial charge is 0.311 e. The van der Waals surface area contributed by atoms with Gasteiger partial charge in [-0.25, -0.2) is 0 Å². The summed E-state index contributed by atoms with van der Waals surface area (Å²) in [4.78, 5) is 22.6. The summed E-state index contributed by atoms with van der Waals surface area (Å²) in [5.41, 5.74) is 5.52. The molecule has 1 amide bonds. The molecule has 0 bridgehead atoms. The Kier molecular flexibility index (Phi) is 5.37. The van der Waals surface area contributed by atoms with Crippen molar-refractivity contribution in [2.24, 2.45) is 17.6 Å². The van der Waals surface area contributed by atoms with Gasteiger partial charge in [0, 0.05) is 6.42 Å². The lowest BCUT2D eigenvalue weighted by Gasteiger charge is -2.18. The van der Waals surface area contributed by atoms with Crippen molar-refractivity contribution in [3.63, 3.8) is 0 Å². The minimum absolute atomic E-state index is 0.149. The maximum absolute atomic E-state index is 11.7. The number of hydrogen-bond donors (Lipinski definition) is 3. The van der Waals surface area contributed by atoms with Crippen LogP contribution in [-0.4, -0.2) is 42.8 Å². The zero-order valence-corrected chi connectivity index (χ0v) is 10.0. The third kappa shape index (κ3) is 3.98. The van der Waals surface area contributed by atoms with Crippen molar-refractivity contribution in [2.45, 2.75) is 25.8 Å². The number of carboxylic acids is 1. The zero-order valence-electron chi connectivity index (χ0n) is 10.0. The van der Waals surface area contributed by atoms with E-state index in [-0.39, 0.29) is 25.0 Å². The molecule has 0 spiro atoms. The second kappa shape index (κ2) is 6.56. The topological polar surface area (TPSA) is 102 Å². The van der Waals surface area contributed by atoms with E-state index in [9.17, 15) is 9.59 Å². The molecule has 3 unspecified atom stereocenters. The van der Waals surface area contributed by atoms with Crippen LogP contribution in [0.4, 0.5) is 0 Å². The summed E-state index contributed by atoms with van der Waals surface area (Å²) in [7, 11) is 0. The molecule has 0 radical (unpaired) electrons. The monoisotopic (exact) mass is 244 g/mol. The third-order valence-corrected chi connectivity index (χ3v) is 3.13. The van der Waals surface area contributed by atoms with Gasteiger partial charge >= 0.3 is 5.97 Å².